The zero-order valence-corrected chi connectivity index (χ0v) is 12.9. The zero-order valence-electron chi connectivity index (χ0n) is 12.1. The summed E-state index contributed by atoms with van der Waals surface area (Å²) in [7, 11) is -3.96. The van der Waals surface area contributed by atoms with E-state index in [9.17, 15) is 18.5 Å². The van der Waals surface area contributed by atoms with E-state index >= 15 is 0 Å². The van der Waals surface area contributed by atoms with Gasteiger partial charge in [-0.3, -0.25) is 10.1 Å². The highest BCUT2D eigenvalue weighted by atomic mass is 32.2. The summed E-state index contributed by atoms with van der Waals surface area (Å²) in [6, 6.07) is 3.88. The molecule has 1 aromatic carbocycles. The van der Waals surface area contributed by atoms with Gasteiger partial charge in [-0.25, -0.2) is 13.6 Å². The van der Waals surface area contributed by atoms with Gasteiger partial charge in [0, 0.05) is 18.7 Å². The summed E-state index contributed by atoms with van der Waals surface area (Å²) in [4.78, 5) is 10.2. The molecule has 1 aromatic rings. The number of nitro groups is 1. The number of nitrogens with one attached hydrogen (secondary N) is 1. The molecule has 0 saturated heterocycles. The minimum Gasteiger partial charge on any atom is -0.379 e. The molecule has 1 aliphatic carbocycles. The zero-order chi connectivity index (χ0) is 16.3. The van der Waals surface area contributed by atoms with E-state index in [0.29, 0.717) is 18.2 Å². The van der Waals surface area contributed by atoms with Crippen molar-refractivity contribution < 1.29 is 13.3 Å². The van der Waals surface area contributed by atoms with Crippen molar-refractivity contribution in [1.82, 2.24) is 0 Å². The lowest BCUT2D eigenvalue weighted by molar-refractivity contribution is -0.384. The number of hydrogen-bond donors (Lipinski definition) is 3. The molecule has 2 rings (SSSR count). The second-order valence-electron chi connectivity index (χ2n) is 5.64. The van der Waals surface area contributed by atoms with Gasteiger partial charge in [0.2, 0.25) is 10.0 Å². The average Bonchev–Trinajstić information content (AvgIpc) is 2.45. The molecule has 1 fully saturated rings. The SMILES string of the molecule is NC1CCC(CNc2ccc(S(N)(=O)=O)cc2[N+](=O)[O-])CC1. The third kappa shape index (κ3) is 4.15. The van der Waals surface area contributed by atoms with E-state index in [4.69, 9.17) is 10.9 Å². The summed E-state index contributed by atoms with van der Waals surface area (Å²) in [5.74, 6) is 0.414. The predicted octanol–water partition coefficient (Wildman–Crippen LogP) is 1.17. The van der Waals surface area contributed by atoms with E-state index in [1.165, 1.54) is 12.1 Å². The Bertz CT molecular complexity index is 654. The molecule has 8 nitrogen and oxygen atoms in total. The Hall–Kier alpha value is -1.71. The van der Waals surface area contributed by atoms with Crippen molar-refractivity contribution in [2.45, 2.75) is 36.6 Å². The minimum atomic E-state index is -3.96. The van der Waals surface area contributed by atoms with E-state index in [-0.39, 0.29) is 16.6 Å². The molecule has 0 unspecified atom stereocenters. The number of hydrogen-bond acceptors (Lipinski definition) is 6. The fourth-order valence-corrected chi connectivity index (χ4v) is 3.17. The van der Waals surface area contributed by atoms with Crippen LogP contribution in [0.2, 0.25) is 0 Å². The molecule has 0 bridgehead atoms. The van der Waals surface area contributed by atoms with Crippen LogP contribution in [-0.2, 0) is 10.0 Å². The molecular weight excluding hydrogens is 308 g/mol. The highest BCUT2D eigenvalue weighted by molar-refractivity contribution is 7.89. The first-order valence-electron chi connectivity index (χ1n) is 7.08. The van der Waals surface area contributed by atoms with Crippen LogP contribution in [0.3, 0.4) is 0 Å². The number of nitrogens with two attached hydrogens (primary N) is 2. The van der Waals surface area contributed by atoms with Crippen molar-refractivity contribution in [3.8, 4) is 0 Å². The summed E-state index contributed by atoms with van der Waals surface area (Å²) < 4.78 is 22.6. The first-order chi connectivity index (χ1) is 10.3. The van der Waals surface area contributed by atoms with Gasteiger partial charge in [-0.2, -0.15) is 0 Å². The lowest BCUT2D eigenvalue weighted by Gasteiger charge is -2.26. The molecule has 0 spiro atoms. The van der Waals surface area contributed by atoms with Crippen molar-refractivity contribution >= 4 is 21.4 Å². The van der Waals surface area contributed by atoms with Gasteiger partial charge in [0.25, 0.3) is 5.69 Å². The number of sulfonamides is 1. The van der Waals surface area contributed by atoms with Gasteiger partial charge in [-0.1, -0.05) is 0 Å². The third-order valence-corrected chi connectivity index (χ3v) is 4.88. The first kappa shape index (κ1) is 16.7. The second kappa shape index (κ2) is 6.59. The van der Waals surface area contributed by atoms with E-state index in [1.807, 2.05) is 0 Å². The fourth-order valence-electron chi connectivity index (χ4n) is 2.64. The summed E-state index contributed by atoms with van der Waals surface area (Å²) in [5.41, 5.74) is 5.85. The van der Waals surface area contributed by atoms with Crippen molar-refractivity contribution in [1.29, 1.82) is 0 Å². The van der Waals surface area contributed by atoms with Crippen LogP contribution in [-0.4, -0.2) is 25.9 Å². The normalized spacial score (nSPS) is 22.3. The van der Waals surface area contributed by atoms with Gasteiger partial charge < -0.3 is 11.1 Å². The van der Waals surface area contributed by atoms with Gasteiger partial charge in [0.15, 0.2) is 0 Å². The summed E-state index contributed by atoms with van der Waals surface area (Å²) >= 11 is 0. The smallest absolute Gasteiger partial charge is 0.293 e. The summed E-state index contributed by atoms with van der Waals surface area (Å²) in [6.07, 6.45) is 3.88. The van der Waals surface area contributed by atoms with Crippen molar-refractivity contribution in [3.05, 3.63) is 28.3 Å². The maximum Gasteiger partial charge on any atom is 0.293 e. The van der Waals surface area contributed by atoms with Crippen LogP contribution in [0.1, 0.15) is 25.7 Å². The minimum absolute atomic E-state index is 0.250. The van der Waals surface area contributed by atoms with Crippen LogP contribution >= 0.6 is 0 Å². The van der Waals surface area contributed by atoms with Crippen LogP contribution in [0.4, 0.5) is 11.4 Å². The lowest BCUT2D eigenvalue weighted by Crippen LogP contribution is -2.29. The second-order valence-corrected chi connectivity index (χ2v) is 7.20. The predicted molar refractivity (Wildman–Crippen MR) is 82.9 cm³/mol. The number of nitrogens with zero attached hydrogens (tertiary/aromatic N) is 1. The standard InChI is InChI=1S/C13H20N4O4S/c14-10-3-1-9(2-4-10)8-16-12-6-5-11(22(15,20)21)7-13(12)17(18)19/h5-7,9-10,16H,1-4,8,14H2,(H2,15,20,21). The molecule has 0 heterocycles. The number of primary sulfonamides is 1. The van der Waals surface area contributed by atoms with Crippen LogP contribution in [0, 0.1) is 16.0 Å². The largest absolute Gasteiger partial charge is 0.379 e. The Labute approximate surface area is 129 Å². The van der Waals surface area contributed by atoms with Gasteiger partial charge in [0.05, 0.1) is 9.82 Å². The van der Waals surface area contributed by atoms with Crippen molar-refractivity contribution in [3.63, 3.8) is 0 Å². The van der Waals surface area contributed by atoms with E-state index in [1.54, 1.807) is 0 Å². The Balaban J connectivity index is 2.12. The molecule has 5 N–H and O–H groups in total. The monoisotopic (exact) mass is 328 g/mol. The molecule has 0 radical (unpaired) electrons. The summed E-state index contributed by atoms with van der Waals surface area (Å²) in [6.45, 7) is 0.599. The highest BCUT2D eigenvalue weighted by Crippen LogP contribution is 2.29. The Morgan fingerprint density at radius 2 is 1.91 bits per heavy atom. The van der Waals surface area contributed by atoms with E-state index < -0.39 is 14.9 Å². The molecule has 0 aliphatic heterocycles. The maximum atomic E-state index is 11.3. The quantitative estimate of drug-likeness (QED) is 0.547. The molecule has 0 atom stereocenters. The molecule has 9 heteroatoms. The Morgan fingerprint density at radius 3 is 2.45 bits per heavy atom. The molecule has 1 aliphatic rings. The molecule has 0 aromatic heterocycles. The third-order valence-electron chi connectivity index (χ3n) is 3.97. The van der Waals surface area contributed by atoms with Crippen LogP contribution in [0.25, 0.3) is 0 Å². The molecule has 0 amide bonds. The van der Waals surface area contributed by atoms with Crippen LogP contribution in [0.15, 0.2) is 23.1 Å². The average molecular weight is 328 g/mol. The van der Waals surface area contributed by atoms with Gasteiger partial charge >= 0.3 is 0 Å². The molecular formula is C13H20N4O4S. The fraction of sp³-hybridized carbons (Fsp3) is 0.538. The summed E-state index contributed by atoms with van der Waals surface area (Å²) in [5, 5.41) is 19.1. The number of benzene rings is 1. The molecule has 22 heavy (non-hydrogen) atoms. The molecule has 1 saturated carbocycles. The first-order valence-corrected chi connectivity index (χ1v) is 8.62. The Morgan fingerprint density at radius 1 is 1.27 bits per heavy atom. The Kier molecular flexibility index (Phi) is 4.99. The maximum absolute atomic E-state index is 11.3. The van der Waals surface area contributed by atoms with Crippen molar-refractivity contribution in [2.75, 3.05) is 11.9 Å². The van der Waals surface area contributed by atoms with Crippen LogP contribution < -0.4 is 16.2 Å². The molecule has 122 valence electrons. The van der Waals surface area contributed by atoms with E-state index in [0.717, 1.165) is 31.7 Å². The topological polar surface area (TPSA) is 141 Å². The number of anilines is 1. The highest BCUT2D eigenvalue weighted by Gasteiger charge is 2.22. The van der Waals surface area contributed by atoms with Gasteiger partial charge in [-0.15, -0.1) is 0 Å². The lowest BCUT2D eigenvalue weighted by atomic mass is 9.86. The van der Waals surface area contributed by atoms with Crippen LogP contribution in [0.5, 0.6) is 0 Å². The van der Waals surface area contributed by atoms with Gasteiger partial charge in [-0.05, 0) is 43.7 Å². The van der Waals surface area contributed by atoms with Crippen molar-refractivity contribution in [2.24, 2.45) is 16.8 Å². The number of rotatable bonds is 5. The van der Waals surface area contributed by atoms with E-state index in [2.05, 4.69) is 5.32 Å². The number of nitro benzene ring substituents is 1. The van der Waals surface area contributed by atoms with Gasteiger partial charge in [0.1, 0.15) is 5.69 Å².